The quantitative estimate of drug-likeness (QED) is 0.452. The Bertz CT molecular complexity index is 1350. The molecule has 0 fully saturated rings. The topological polar surface area (TPSA) is 73.5 Å². The van der Waals surface area contributed by atoms with Crippen molar-refractivity contribution in [3.8, 4) is 0 Å². The lowest BCUT2D eigenvalue weighted by atomic mass is 9.92. The number of halogens is 1. The summed E-state index contributed by atoms with van der Waals surface area (Å²) >= 11 is 6.68. The van der Waals surface area contributed by atoms with E-state index in [9.17, 15) is 0 Å². The summed E-state index contributed by atoms with van der Waals surface area (Å²) in [7, 11) is 0. The molecular weight excluding hydrogens is 384 g/mol. The van der Waals surface area contributed by atoms with Gasteiger partial charge >= 0.3 is 0 Å². The predicted molar refractivity (Wildman–Crippen MR) is 114 cm³/mol. The standard InChI is InChI=1S/C22H17ClN6/c23-16-7-3-1-6-15(16)20-18-14(13-5-2-4-8-17(13)28-18)9-10-29(20)22-19-21(25-11-24-19)26-12-27-22/h1-8,11-12,20,28H,9-10H2,(H,24,25,26,27). The molecule has 2 aromatic carbocycles. The van der Waals surface area contributed by atoms with Gasteiger partial charge < -0.3 is 14.9 Å². The molecule has 6 nitrogen and oxygen atoms in total. The number of imidazole rings is 1. The van der Waals surface area contributed by atoms with Gasteiger partial charge in [0.05, 0.1) is 12.4 Å². The van der Waals surface area contributed by atoms with Crippen molar-refractivity contribution in [1.82, 2.24) is 24.9 Å². The number of H-pyrrole nitrogens is 2. The number of nitrogens with one attached hydrogen (secondary N) is 2. The van der Waals surface area contributed by atoms with E-state index >= 15 is 0 Å². The summed E-state index contributed by atoms with van der Waals surface area (Å²) in [6, 6.07) is 16.4. The molecule has 1 atom stereocenters. The Hall–Kier alpha value is -3.38. The zero-order chi connectivity index (χ0) is 19.4. The third-order valence-electron chi connectivity index (χ3n) is 5.70. The normalized spacial score (nSPS) is 16.4. The molecule has 0 saturated heterocycles. The van der Waals surface area contributed by atoms with E-state index in [-0.39, 0.29) is 6.04 Å². The van der Waals surface area contributed by atoms with E-state index in [1.807, 2.05) is 18.2 Å². The van der Waals surface area contributed by atoms with Crippen LogP contribution in [0.2, 0.25) is 5.02 Å². The third-order valence-corrected chi connectivity index (χ3v) is 6.05. The molecule has 0 spiro atoms. The fourth-order valence-electron chi connectivity index (χ4n) is 4.45. The number of rotatable bonds is 2. The van der Waals surface area contributed by atoms with E-state index in [2.05, 4.69) is 60.2 Å². The maximum atomic E-state index is 6.68. The van der Waals surface area contributed by atoms with Gasteiger partial charge in [0.2, 0.25) is 0 Å². The molecule has 142 valence electrons. The highest BCUT2D eigenvalue weighted by Gasteiger charge is 2.34. The molecular formula is C22H17ClN6. The summed E-state index contributed by atoms with van der Waals surface area (Å²) in [4.78, 5) is 22.4. The monoisotopic (exact) mass is 400 g/mol. The van der Waals surface area contributed by atoms with Crippen molar-refractivity contribution in [2.24, 2.45) is 0 Å². The van der Waals surface area contributed by atoms with Crippen LogP contribution in [-0.4, -0.2) is 31.5 Å². The first-order chi connectivity index (χ1) is 14.3. The minimum Gasteiger partial charge on any atom is -0.356 e. The molecule has 1 aliphatic heterocycles. The van der Waals surface area contributed by atoms with Gasteiger partial charge in [-0.3, -0.25) is 0 Å². The summed E-state index contributed by atoms with van der Waals surface area (Å²) in [5.74, 6) is 0.811. The first-order valence-electron chi connectivity index (χ1n) is 9.56. The molecule has 7 heteroatoms. The Kier molecular flexibility index (Phi) is 3.61. The van der Waals surface area contributed by atoms with Crippen LogP contribution in [0, 0.1) is 0 Å². The molecule has 3 aromatic heterocycles. The van der Waals surface area contributed by atoms with Crippen LogP contribution in [0.1, 0.15) is 22.9 Å². The van der Waals surface area contributed by atoms with Crippen molar-refractivity contribution in [2.75, 3.05) is 11.4 Å². The lowest BCUT2D eigenvalue weighted by Crippen LogP contribution is -2.37. The second-order valence-electron chi connectivity index (χ2n) is 7.23. The fraction of sp³-hybridized carbons (Fsp3) is 0.136. The predicted octanol–water partition coefficient (Wildman–Crippen LogP) is 4.64. The number of nitrogens with zero attached hydrogens (tertiary/aromatic N) is 4. The Morgan fingerprint density at radius 2 is 1.86 bits per heavy atom. The van der Waals surface area contributed by atoms with Crippen molar-refractivity contribution in [3.63, 3.8) is 0 Å². The molecule has 0 bridgehead atoms. The first-order valence-corrected chi connectivity index (χ1v) is 9.93. The van der Waals surface area contributed by atoms with E-state index in [0.717, 1.165) is 51.7 Å². The number of anilines is 1. The number of para-hydroxylation sites is 1. The number of benzene rings is 2. The molecule has 1 unspecified atom stereocenters. The molecule has 0 saturated carbocycles. The Labute approximate surface area is 171 Å². The maximum absolute atomic E-state index is 6.68. The van der Waals surface area contributed by atoms with Crippen LogP contribution in [0.3, 0.4) is 0 Å². The van der Waals surface area contributed by atoms with Crippen LogP contribution in [0.25, 0.3) is 22.1 Å². The average molecular weight is 401 g/mol. The second kappa shape index (κ2) is 6.32. The molecule has 0 aliphatic carbocycles. The summed E-state index contributed by atoms with van der Waals surface area (Å²) in [5.41, 5.74) is 6.19. The molecule has 6 rings (SSSR count). The zero-order valence-electron chi connectivity index (χ0n) is 15.4. The maximum Gasteiger partial charge on any atom is 0.162 e. The number of fused-ring (bicyclic) bond motifs is 4. The summed E-state index contributed by atoms with van der Waals surface area (Å²) < 4.78 is 0. The van der Waals surface area contributed by atoms with E-state index in [1.54, 1.807) is 12.7 Å². The fourth-order valence-corrected chi connectivity index (χ4v) is 4.69. The van der Waals surface area contributed by atoms with Crippen LogP contribution in [0.4, 0.5) is 5.82 Å². The highest BCUT2D eigenvalue weighted by atomic mass is 35.5. The van der Waals surface area contributed by atoms with Crippen molar-refractivity contribution < 1.29 is 0 Å². The van der Waals surface area contributed by atoms with Crippen LogP contribution in [0.5, 0.6) is 0 Å². The van der Waals surface area contributed by atoms with Crippen LogP contribution in [0.15, 0.2) is 61.2 Å². The number of hydrogen-bond donors (Lipinski definition) is 2. The Morgan fingerprint density at radius 1 is 1.00 bits per heavy atom. The van der Waals surface area contributed by atoms with E-state index in [0.29, 0.717) is 0 Å². The number of aromatic amines is 2. The van der Waals surface area contributed by atoms with Gasteiger partial charge in [-0.2, -0.15) is 0 Å². The zero-order valence-corrected chi connectivity index (χ0v) is 16.2. The summed E-state index contributed by atoms with van der Waals surface area (Å²) in [6.07, 6.45) is 4.15. The molecule has 1 aliphatic rings. The van der Waals surface area contributed by atoms with Gasteiger partial charge in [-0.15, -0.1) is 0 Å². The molecule has 29 heavy (non-hydrogen) atoms. The average Bonchev–Trinajstić information content (AvgIpc) is 3.38. The van der Waals surface area contributed by atoms with Gasteiger partial charge in [0.15, 0.2) is 11.5 Å². The van der Waals surface area contributed by atoms with E-state index in [1.165, 1.54) is 10.9 Å². The van der Waals surface area contributed by atoms with Gasteiger partial charge in [0.1, 0.15) is 11.8 Å². The summed E-state index contributed by atoms with van der Waals surface area (Å²) in [5, 5.41) is 2.01. The van der Waals surface area contributed by atoms with Gasteiger partial charge in [0.25, 0.3) is 0 Å². The Morgan fingerprint density at radius 3 is 2.79 bits per heavy atom. The first kappa shape index (κ1) is 16.6. The van der Waals surface area contributed by atoms with Crippen molar-refractivity contribution >= 4 is 39.5 Å². The van der Waals surface area contributed by atoms with Crippen molar-refractivity contribution in [2.45, 2.75) is 12.5 Å². The van der Waals surface area contributed by atoms with Gasteiger partial charge in [-0.05, 0) is 29.7 Å². The smallest absolute Gasteiger partial charge is 0.162 e. The van der Waals surface area contributed by atoms with Gasteiger partial charge in [-0.1, -0.05) is 48.0 Å². The molecule has 2 N–H and O–H groups in total. The van der Waals surface area contributed by atoms with Gasteiger partial charge in [0, 0.05) is 28.2 Å². The Balaban J connectivity index is 1.62. The largest absolute Gasteiger partial charge is 0.356 e. The van der Waals surface area contributed by atoms with Crippen LogP contribution >= 0.6 is 11.6 Å². The molecule has 5 aromatic rings. The van der Waals surface area contributed by atoms with Gasteiger partial charge in [-0.25, -0.2) is 15.0 Å². The van der Waals surface area contributed by atoms with E-state index in [4.69, 9.17) is 11.6 Å². The van der Waals surface area contributed by atoms with Crippen LogP contribution in [-0.2, 0) is 6.42 Å². The second-order valence-corrected chi connectivity index (χ2v) is 7.63. The lowest BCUT2D eigenvalue weighted by Gasteiger charge is -2.37. The highest BCUT2D eigenvalue weighted by molar-refractivity contribution is 6.31. The van der Waals surface area contributed by atoms with Crippen molar-refractivity contribution in [1.29, 1.82) is 0 Å². The molecule has 4 heterocycles. The lowest BCUT2D eigenvalue weighted by molar-refractivity contribution is 0.637. The molecule has 0 amide bonds. The minimum atomic E-state index is -0.0883. The highest BCUT2D eigenvalue weighted by Crippen LogP contribution is 2.43. The third kappa shape index (κ3) is 2.46. The van der Waals surface area contributed by atoms with Crippen molar-refractivity contribution in [3.05, 3.63) is 83.0 Å². The number of hydrogen-bond acceptors (Lipinski definition) is 4. The van der Waals surface area contributed by atoms with Crippen LogP contribution < -0.4 is 4.90 Å². The van der Waals surface area contributed by atoms with E-state index < -0.39 is 0 Å². The minimum absolute atomic E-state index is 0.0883. The molecule has 0 radical (unpaired) electrons. The number of aromatic nitrogens is 5. The summed E-state index contributed by atoms with van der Waals surface area (Å²) in [6.45, 7) is 0.809. The SMILES string of the molecule is Clc1ccccc1C1c2[nH]c3ccccc3c2CCN1c1ncnc2[nH]cnc12.